The van der Waals surface area contributed by atoms with Gasteiger partial charge in [-0.15, -0.1) is 0 Å². The highest BCUT2D eigenvalue weighted by molar-refractivity contribution is 6.32. The van der Waals surface area contributed by atoms with Crippen LogP contribution in [-0.2, 0) is 9.53 Å². The Morgan fingerprint density at radius 2 is 1.80 bits per heavy atom. The second-order valence-corrected chi connectivity index (χ2v) is 6.75. The van der Waals surface area contributed by atoms with Gasteiger partial charge in [-0.3, -0.25) is 4.79 Å². The Balaban J connectivity index is 2.88. The summed E-state index contributed by atoms with van der Waals surface area (Å²) in [5.74, 6) is -0.0182. The first-order valence-corrected chi connectivity index (χ1v) is 8.56. The molecule has 0 unspecified atom stereocenters. The lowest BCUT2D eigenvalue weighted by Gasteiger charge is -2.17. The summed E-state index contributed by atoms with van der Waals surface area (Å²) in [5, 5.41) is 2.95. The van der Waals surface area contributed by atoms with Gasteiger partial charge < -0.3 is 19.5 Å². The van der Waals surface area contributed by atoms with Gasteiger partial charge in [0.1, 0.15) is 0 Å². The van der Waals surface area contributed by atoms with Gasteiger partial charge in [0.05, 0.1) is 23.8 Å². The minimum atomic E-state index is -0.914. The zero-order chi connectivity index (χ0) is 19.1. The Hall–Kier alpha value is -1.95. The number of esters is 1. The van der Waals surface area contributed by atoms with Gasteiger partial charge in [-0.05, 0) is 38.8 Å². The maximum atomic E-state index is 12.3. The summed E-state index contributed by atoms with van der Waals surface area (Å²) in [7, 11) is 1.45. The first-order valence-electron chi connectivity index (χ1n) is 8.18. The van der Waals surface area contributed by atoms with Crippen molar-refractivity contribution in [3.63, 3.8) is 0 Å². The molecule has 0 radical (unpaired) electrons. The Kier molecular flexibility index (Phi) is 8.03. The van der Waals surface area contributed by atoms with Gasteiger partial charge in [-0.25, -0.2) is 4.79 Å². The van der Waals surface area contributed by atoms with Crippen LogP contribution < -0.4 is 14.8 Å². The molecule has 1 atom stereocenters. The predicted molar refractivity (Wildman–Crippen MR) is 96.5 cm³/mol. The molecule has 1 aromatic carbocycles. The average Bonchev–Trinajstić information content (AvgIpc) is 2.53. The molecule has 140 valence electrons. The van der Waals surface area contributed by atoms with E-state index in [1.54, 1.807) is 0 Å². The van der Waals surface area contributed by atoms with E-state index in [1.165, 1.54) is 26.2 Å². The number of benzene rings is 1. The third-order valence-corrected chi connectivity index (χ3v) is 3.44. The van der Waals surface area contributed by atoms with Crippen molar-refractivity contribution in [2.45, 2.75) is 46.8 Å². The van der Waals surface area contributed by atoms with E-state index >= 15 is 0 Å². The molecule has 1 rings (SSSR count). The Morgan fingerprint density at radius 1 is 1.16 bits per heavy atom. The number of rotatable bonds is 8. The van der Waals surface area contributed by atoms with Crippen LogP contribution in [0.5, 0.6) is 11.5 Å². The fourth-order valence-electron chi connectivity index (χ4n) is 1.92. The lowest BCUT2D eigenvalue weighted by Crippen LogP contribution is -2.37. The summed E-state index contributed by atoms with van der Waals surface area (Å²) in [6.07, 6.45) is -1.02. The van der Waals surface area contributed by atoms with E-state index in [0.29, 0.717) is 24.0 Å². The van der Waals surface area contributed by atoms with E-state index < -0.39 is 12.1 Å². The summed E-state index contributed by atoms with van der Waals surface area (Å²) < 4.78 is 16.0. The lowest BCUT2D eigenvalue weighted by atomic mass is 10.2. The quantitative estimate of drug-likeness (QED) is 0.708. The highest BCUT2D eigenvalue weighted by Crippen LogP contribution is 2.37. The SMILES string of the molecule is COc1cc(C(=O)O[C@H](C)C(=O)NCC(C)C)cc(Cl)c1OC(C)C. The summed E-state index contributed by atoms with van der Waals surface area (Å²) >= 11 is 6.19. The molecule has 0 saturated heterocycles. The van der Waals surface area contributed by atoms with Crippen molar-refractivity contribution in [3.8, 4) is 11.5 Å². The van der Waals surface area contributed by atoms with Crippen molar-refractivity contribution in [1.82, 2.24) is 5.32 Å². The molecular formula is C18H26ClNO5. The van der Waals surface area contributed by atoms with Gasteiger partial charge in [0.2, 0.25) is 0 Å². The van der Waals surface area contributed by atoms with Crippen LogP contribution in [-0.4, -0.2) is 37.7 Å². The van der Waals surface area contributed by atoms with E-state index in [1.807, 2.05) is 27.7 Å². The molecule has 0 aromatic heterocycles. The molecule has 1 amide bonds. The van der Waals surface area contributed by atoms with E-state index in [2.05, 4.69) is 5.32 Å². The van der Waals surface area contributed by atoms with Crippen molar-refractivity contribution < 1.29 is 23.8 Å². The molecule has 0 aliphatic heterocycles. The van der Waals surface area contributed by atoms with Crippen molar-refractivity contribution >= 4 is 23.5 Å². The summed E-state index contributed by atoms with van der Waals surface area (Å²) in [4.78, 5) is 24.2. The maximum Gasteiger partial charge on any atom is 0.339 e. The highest BCUT2D eigenvalue weighted by Gasteiger charge is 2.22. The number of methoxy groups -OCH3 is 1. The zero-order valence-corrected chi connectivity index (χ0v) is 16.3. The number of carbonyl (C=O) groups is 2. The molecule has 1 aromatic rings. The fraction of sp³-hybridized carbons (Fsp3) is 0.556. The van der Waals surface area contributed by atoms with Gasteiger partial charge in [-0.1, -0.05) is 25.4 Å². The average molecular weight is 372 g/mol. The predicted octanol–water partition coefficient (Wildman–Crippen LogP) is 3.45. The number of ether oxygens (including phenoxy) is 3. The smallest absolute Gasteiger partial charge is 0.339 e. The first-order chi connectivity index (χ1) is 11.6. The van der Waals surface area contributed by atoms with Gasteiger partial charge in [0.25, 0.3) is 5.91 Å². The molecule has 25 heavy (non-hydrogen) atoms. The summed E-state index contributed by atoms with van der Waals surface area (Å²) in [6.45, 7) is 9.70. The number of halogens is 1. The zero-order valence-electron chi connectivity index (χ0n) is 15.5. The minimum Gasteiger partial charge on any atom is -0.493 e. The third kappa shape index (κ3) is 6.46. The van der Waals surface area contributed by atoms with Crippen LogP contribution in [0.15, 0.2) is 12.1 Å². The minimum absolute atomic E-state index is 0.103. The molecule has 0 aliphatic carbocycles. The number of nitrogens with one attached hydrogen (secondary N) is 1. The third-order valence-electron chi connectivity index (χ3n) is 3.16. The number of carbonyl (C=O) groups excluding carboxylic acids is 2. The monoisotopic (exact) mass is 371 g/mol. The Labute approximate surface area is 153 Å². The normalized spacial score (nSPS) is 12.0. The molecule has 7 heteroatoms. The number of amides is 1. The van der Waals surface area contributed by atoms with E-state index in [0.717, 1.165) is 0 Å². The molecule has 0 saturated carbocycles. The van der Waals surface area contributed by atoms with E-state index in [-0.39, 0.29) is 22.6 Å². The maximum absolute atomic E-state index is 12.3. The van der Waals surface area contributed by atoms with Crippen LogP contribution in [0, 0.1) is 5.92 Å². The van der Waals surface area contributed by atoms with Crippen LogP contribution >= 0.6 is 11.6 Å². The van der Waals surface area contributed by atoms with Crippen LogP contribution in [0.1, 0.15) is 45.0 Å². The standard InChI is InChI=1S/C18H26ClNO5/c1-10(2)9-20-17(21)12(5)25-18(22)13-7-14(19)16(24-11(3)4)15(8-13)23-6/h7-8,10-12H,9H2,1-6H3,(H,20,21)/t12-/m1/s1. The lowest BCUT2D eigenvalue weighted by molar-refractivity contribution is -0.129. The molecule has 0 fully saturated rings. The van der Waals surface area contributed by atoms with Crippen molar-refractivity contribution in [2.24, 2.45) is 5.92 Å². The molecule has 1 N–H and O–H groups in total. The van der Waals surface area contributed by atoms with Crippen LogP contribution in [0.2, 0.25) is 5.02 Å². The molecule has 0 aliphatic rings. The van der Waals surface area contributed by atoms with Crippen LogP contribution in [0.3, 0.4) is 0 Å². The van der Waals surface area contributed by atoms with Gasteiger partial charge in [-0.2, -0.15) is 0 Å². The van der Waals surface area contributed by atoms with Gasteiger partial charge in [0.15, 0.2) is 17.6 Å². The second kappa shape index (κ2) is 9.51. The van der Waals surface area contributed by atoms with Crippen molar-refractivity contribution in [3.05, 3.63) is 22.7 Å². The number of hydrogen-bond donors (Lipinski definition) is 1. The molecule has 0 heterocycles. The van der Waals surface area contributed by atoms with Crippen molar-refractivity contribution in [2.75, 3.05) is 13.7 Å². The van der Waals surface area contributed by atoms with Crippen LogP contribution in [0.4, 0.5) is 0 Å². The fourth-order valence-corrected chi connectivity index (χ4v) is 2.17. The summed E-state index contributed by atoms with van der Waals surface area (Å²) in [6, 6.07) is 2.91. The van der Waals surface area contributed by atoms with Crippen LogP contribution in [0.25, 0.3) is 0 Å². The molecule has 0 spiro atoms. The topological polar surface area (TPSA) is 73.9 Å². The second-order valence-electron chi connectivity index (χ2n) is 6.34. The van der Waals surface area contributed by atoms with Gasteiger partial charge in [0, 0.05) is 6.54 Å². The largest absolute Gasteiger partial charge is 0.493 e. The first kappa shape index (κ1) is 21.1. The Bertz CT molecular complexity index is 616. The molecule has 6 nitrogen and oxygen atoms in total. The highest BCUT2D eigenvalue weighted by atomic mass is 35.5. The van der Waals surface area contributed by atoms with Gasteiger partial charge >= 0.3 is 5.97 Å². The number of hydrogen-bond acceptors (Lipinski definition) is 5. The molecular weight excluding hydrogens is 346 g/mol. The van der Waals surface area contributed by atoms with Crippen molar-refractivity contribution in [1.29, 1.82) is 0 Å². The van der Waals surface area contributed by atoms with E-state index in [4.69, 9.17) is 25.8 Å². The summed E-state index contributed by atoms with van der Waals surface area (Å²) in [5.41, 5.74) is 0.182. The Morgan fingerprint density at radius 3 is 2.32 bits per heavy atom. The molecule has 0 bridgehead atoms. The van der Waals surface area contributed by atoms with E-state index in [9.17, 15) is 9.59 Å².